The maximum absolute atomic E-state index is 3.94. The van der Waals surface area contributed by atoms with Crippen LogP contribution in [0.1, 0.15) is 63.6 Å². The lowest BCUT2D eigenvalue weighted by Crippen LogP contribution is -2.38. The lowest BCUT2D eigenvalue weighted by molar-refractivity contribution is 0.590. The molecule has 1 N–H and O–H groups in total. The Morgan fingerprint density at radius 2 is 1.50 bits per heavy atom. The number of hydrogen-bond donors (Lipinski definition) is 1. The average molecular weight is 716 g/mol. The van der Waals surface area contributed by atoms with Crippen molar-refractivity contribution < 1.29 is 0 Å². The summed E-state index contributed by atoms with van der Waals surface area (Å²) in [6.45, 7) is 11.5. The second-order valence-electron chi connectivity index (χ2n) is 16.3. The smallest absolute Gasteiger partial charge is 0.197 e. The number of aromatic nitrogens is 1. The predicted molar refractivity (Wildman–Crippen MR) is 238 cm³/mol. The highest BCUT2D eigenvalue weighted by Crippen LogP contribution is 2.45. The van der Waals surface area contributed by atoms with Crippen molar-refractivity contribution in [3.63, 3.8) is 0 Å². The summed E-state index contributed by atoms with van der Waals surface area (Å²) in [5, 5.41) is 11.8. The molecule has 9 aromatic rings. The maximum atomic E-state index is 3.94. The zero-order valence-corrected chi connectivity index (χ0v) is 32.6. The Morgan fingerprint density at radius 1 is 0.704 bits per heavy atom. The van der Waals surface area contributed by atoms with Crippen LogP contribution in [0.25, 0.3) is 69.6 Å². The summed E-state index contributed by atoms with van der Waals surface area (Å²) in [4.78, 5) is 0. The van der Waals surface area contributed by atoms with E-state index in [1.165, 1.54) is 116 Å². The molecule has 0 spiro atoms. The van der Waals surface area contributed by atoms with Crippen LogP contribution in [0.5, 0.6) is 0 Å². The zero-order valence-electron chi connectivity index (χ0n) is 31.8. The van der Waals surface area contributed by atoms with Gasteiger partial charge >= 0.3 is 0 Å². The molecule has 0 unspecified atom stereocenters. The summed E-state index contributed by atoms with van der Waals surface area (Å²) in [6, 6.07) is 45.9. The van der Waals surface area contributed by atoms with Gasteiger partial charge in [0.15, 0.2) is 7.28 Å². The fraction of sp³-hybridized carbons (Fsp3) is 0.200. The van der Waals surface area contributed by atoms with E-state index in [0.717, 1.165) is 17.8 Å². The highest BCUT2D eigenvalue weighted by molar-refractivity contribution is 7.25. The number of hydrogen-bond acceptors (Lipinski definition) is 2. The lowest BCUT2D eigenvalue weighted by atomic mass is 9.58. The number of aryl methyl sites for hydroxylation is 2. The fourth-order valence-electron chi connectivity index (χ4n) is 8.89. The van der Waals surface area contributed by atoms with Gasteiger partial charge in [-0.2, -0.15) is 0 Å². The lowest BCUT2D eigenvalue weighted by Gasteiger charge is -2.27. The maximum Gasteiger partial charge on any atom is 0.197 e. The van der Waals surface area contributed by atoms with Crippen LogP contribution in [0.2, 0.25) is 0 Å². The molecule has 2 aromatic heterocycles. The summed E-state index contributed by atoms with van der Waals surface area (Å²) in [5.41, 5.74) is 15.2. The number of fused-ring (bicyclic) bond motifs is 10. The van der Waals surface area contributed by atoms with E-state index >= 15 is 0 Å². The Labute approximate surface area is 322 Å². The van der Waals surface area contributed by atoms with Crippen molar-refractivity contribution in [2.45, 2.75) is 65.7 Å². The second-order valence-corrected chi connectivity index (χ2v) is 17.4. The standard InChI is InChI=1S/C50H44BN2S/c1-6-7-8-13-31-18-22-34(23-19-31)52-41-29-45-38(36-16-11-12-17-44(36)54-45)28-37(41)39-26-30(2)46-47-35-15-10-9-14-32(35)20-24-43(47)53-42-25-21-33(50(3,4)5)27-40(42)51-48(39)49(46)53/h9-12,14-29,52H,6-8,13H2,1-5H3. The van der Waals surface area contributed by atoms with Crippen molar-refractivity contribution in [3.05, 3.63) is 138 Å². The topological polar surface area (TPSA) is 17.0 Å². The van der Waals surface area contributed by atoms with Crippen LogP contribution in [0.4, 0.5) is 11.4 Å². The van der Waals surface area contributed by atoms with Crippen LogP contribution in [0.3, 0.4) is 0 Å². The highest BCUT2D eigenvalue weighted by Gasteiger charge is 2.29. The first kappa shape index (κ1) is 33.3. The molecule has 0 fully saturated rings. The fourth-order valence-corrected chi connectivity index (χ4v) is 10.0. The van der Waals surface area contributed by atoms with Gasteiger partial charge in [-0.25, -0.2) is 0 Å². The Kier molecular flexibility index (Phi) is 7.79. The van der Waals surface area contributed by atoms with Crippen molar-refractivity contribution in [1.29, 1.82) is 0 Å². The van der Waals surface area contributed by atoms with Gasteiger partial charge in [0.1, 0.15) is 0 Å². The molecule has 0 aliphatic carbocycles. The van der Waals surface area contributed by atoms with Crippen molar-refractivity contribution in [2.24, 2.45) is 0 Å². The normalized spacial score (nSPS) is 12.6. The number of benzene rings is 7. The number of unbranched alkanes of at least 4 members (excludes halogenated alkanes) is 2. The molecule has 0 bridgehead atoms. The van der Waals surface area contributed by atoms with Crippen LogP contribution in [0, 0.1) is 6.92 Å². The van der Waals surface area contributed by atoms with E-state index in [9.17, 15) is 0 Å². The molecule has 1 radical (unpaired) electrons. The van der Waals surface area contributed by atoms with E-state index < -0.39 is 0 Å². The largest absolute Gasteiger partial charge is 0.355 e. The molecular weight excluding hydrogens is 671 g/mol. The van der Waals surface area contributed by atoms with E-state index in [4.69, 9.17) is 0 Å². The first-order chi connectivity index (χ1) is 26.3. The minimum absolute atomic E-state index is 0.0389. The molecule has 0 saturated carbocycles. The Hall–Kier alpha value is -5.32. The summed E-state index contributed by atoms with van der Waals surface area (Å²) < 4.78 is 5.19. The molecule has 0 saturated heterocycles. The number of anilines is 2. The van der Waals surface area contributed by atoms with Gasteiger partial charge in [0, 0.05) is 59.1 Å². The van der Waals surface area contributed by atoms with Gasteiger partial charge in [-0.1, -0.05) is 125 Å². The quantitative estimate of drug-likeness (QED) is 0.128. The van der Waals surface area contributed by atoms with Gasteiger partial charge in [0.25, 0.3) is 0 Å². The zero-order chi connectivity index (χ0) is 36.7. The van der Waals surface area contributed by atoms with Crippen molar-refractivity contribution >= 4 is 93.7 Å². The molecule has 54 heavy (non-hydrogen) atoms. The van der Waals surface area contributed by atoms with E-state index in [1.54, 1.807) is 0 Å². The Bertz CT molecular complexity index is 2940. The third-order valence-corrected chi connectivity index (χ3v) is 12.8. The molecule has 10 rings (SSSR count). The third kappa shape index (κ3) is 5.29. The van der Waals surface area contributed by atoms with Crippen LogP contribution in [-0.4, -0.2) is 11.8 Å². The number of nitrogens with zero attached hydrogens (tertiary/aromatic N) is 1. The van der Waals surface area contributed by atoms with Crippen LogP contribution in [0.15, 0.2) is 121 Å². The Balaban J connectivity index is 1.26. The van der Waals surface area contributed by atoms with Gasteiger partial charge in [0.05, 0.1) is 5.52 Å². The highest BCUT2D eigenvalue weighted by atomic mass is 32.1. The molecule has 0 atom stereocenters. The van der Waals surface area contributed by atoms with Gasteiger partial charge < -0.3 is 9.88 Å². The number of rotatable bonds is 7. The number of thiophene rings is 1. The van der Waals surface area contributed by atoms with E-state index in [2.05, 4.69) is 173 Å². The molecular formula is C50H44BN2S. The monoisotopic (exact) mass is 715 g/mol. The summed E-state index contributed by atoms with van der Waals surface area (Å²) in [5.74, 6) is 0. The van der Waals surface area contributed by atoms with Crippen LogP contribution < -0.4 is 16.2 Å². The summed E-state index contributed by atoms with van der Waals surface area (Å²) in [6.07, 6.45) is 4.89. The first-order valence-electron chi connectivity index (χ1n) is 19.6. The average Bonchev–Trinajstić information content (AvgIpc) is 3.73. The molecule has 1 aliphatic rings. The van der Waals surface area contributed by atoms with Crippen molar-refractivity contribution in [1.82, 2.24) is 4.57 Å². The third-order valence-electron chi connectivity index (χ3n) is 11.7. The minimum atomic E-state index is 0.0389. The van der Waals surface area contributed by atoms with Gasteiger partial charge in [-0.15, -0.1) is 11.3 Å². The molecule has 1 aliphatic heterocycles. The molecule has 0 amide bonds. The second kappa shape index (κ2) is 12.6. The van der Waals surface area contributed by atoms with Crippen LogP contribution >= 0.6 is 11.3 Å². The van der Waals surface area contributed by atoms with E-state index in [1.807, 2.05) is 11.3 Å². The first-order valence-corrected chi connectivity index (χ1v) is 20.4. The molecule has 7 aromatic carbocycles. The predicted octanol–water partition coefficient (Wildman–Crippen LogP) is 13.0. The van der Waals surface area contributed by atoms with Crippen LogP contribution in [-0.2, 0) is 11.8 Å². The summed E-state index contributed by atoms with van der Waals surface area (Å²) >= 11 is 1.88. The van der Waals surface area contributed by atoms with E-state index in [-0.39, 0.29) is 5.41 Å². The van der Waals surface area contributed by atoms with Crippen molar-refractivity contribution in [3.8, 4) is 16.8 Å². The van der Waals surface area contributed by atoms with E-state index in [0.29, 0.717) is 0 Å². The summed E-state index contributed by atoms with van der Waals surface area (Å²) in [7, 11) is 2.48. The van der Waals surface area contributed by atoms with Gasteiger partial charge in [-0.3, -0.25) is 0 Å². The number of nitrogens with one attached hydrogen (secondary N) is 1. The van der Waals surface area contributed by atoms with Gasteiger partial charge in [0.2, 0.25) is 0 Å². The van der Waals surface area contributed by atoms with Gasteiger partial charge in [-0.05, 0) is 106 Å². The minimum Gasteiger partial charge on any atom is -0.355 e. The molecule has 2 nitrogen and oxygen atoms in total. The molecule has 4 heteroatoms. The molecule has 3 heterocycles. The van der Waals surface area contributed by atoms with Crippen molar-refractivity contribution in [2.75, 3.05) is 5.32 Å². The Morgan fingerprint density at radius 3 is 2.31 bits per heavy atom. The SMILES string of the molecule is CCCCCc1ccc(Nc2cc3sc4ccccc4c3cc2-c2cc(C)c3c4c5ccccc5ccc4n4c3c2[B]c2cc(C(C)(C)C)ccc2-4)cc1. The molecule has 263 valence electrons.